The van der Waals surface area contributed by atoms with E-state index >= 15 is 0 Å². The van der Waals surface area contributed by atoms with Gasteiger partial charge in [0.15, 0.2) is 0 Å². The number of carbonyl (C=O) groups is 2. The van der Waals surface area contributed by atoms with Crippen molar-refractivity contribution in [2.75, 3.05) is 25.6 Å². The molecule has 4 rings (SSSR count). The fourth-order valence-electron chi connectivity index (χ4n) is 4.53. The van der Waals surface area contributed by atoms with Crippen LogP contribution in [-0.4, -0.2) is 61.3 Å². The normalized spacial score (nSPS) is 22.8. The largest absolute Gasteiger partial charge is 0.450 e. The van der Waals surface area contributed by atoms with Crippen molar-refractivity contribution in [1.82, 2.24) is 5.01 Å². The van der Waals surface area contributed by atoms with E-state index < -0.39 is 6.09 Å². The van der Waals surface area contributed by atoms with Crippen LogP contribution in [0.3, 0.4) is 0 Å². The molecule has 0 saturated heterocycles. The minimum Gasteiger partial charge on any atom is -0.450 e. The summed E-state index contributed by atoms with van der Waals surface area (Å²) in [5, 5.41) is 8.84. The molecule has 1 aromatic carbocycles. The summed E-state index contributed by atoms with van der Waals surface area (Å²) < 4.78 is 16.8. The molecule has 3 aliphatic rings. The van der Waals surface area contributed by atoms with Crippen LogP contribution in [-0.2, 0) is 14.2 Å². The van der Waals surface area contributed by atoms with Gasteiger partial charge in [-0.15, -0.1) is 0 Å². The Hall–Kier alpha value is -2.97. The van der Waals surface area contributed by atoms with E-state index in [0.717, 1.165) is 37.0 Å². The second kappa shape index (κ2) is 11.4. The Morgan fingerprint density at radius 3 is 2.59 bits per heavy atom. The van der Waals surface area contributed by atoms with Crippen LogP contribution in [0.2, 0.25) is 0 Å². The highest BCUT2D eigenvalue weighted by molar-refractivity contribution is 6.04. The zero-order valence-electron chi connectivity index (χ0n) is 19.9. The molecule has 34 heavy (non-hydrogen) atoms. The highest BCUT2D eigenvalue weighted by Crippen LogP contribution is 2.28. The Bertz CT molecular complexity index is 963. The van der Waals surface area contributed by atoms with Crippen molar-refractivity contribution in [3.05, 3.63) is 53.6 Å². The first-order chi connectivity index (χ1) is 16.6. The van der Waals surface area contributed by atoms with Gasteiger partial charge in [-0.05, 0) is 68.5 Å². The second-order valence-electron chi connectivity index (χ2n) is 8.69. The SMILES string of the molecule is CCOC(=O)Nc1ccc(C(=O)N2CCCC(C3=CC(OC4CCCC4)C(OC)C=C3)=N2)cc1. The molecule has 2 atom stereocenters. The first-order valence-electron chi connectivity index (χ1n) is 12.1. The maximum Gasteiger partial charge on any atom is 0.411 e. The second-order valence-corrected chi connectivity index (χ2v) is 8.69. The van der Waals surface area contributed by atoms with Gasteiger partial charge in [0.2, 0.25) is 0 Å². The van der Waals surface area contributed by atoms with Gasteiger partial charge >= 0.3 is 6.09 Å². The van der Waals surface area contributed by atoms with Gasteiger partial charge in [-0.2, -0.15) is 5.10 Å². The van der Waals surface area contributed by atoms with Gasteiger partial charge in [-0.3, -0.25) is 10.1 Å². The van der Waals surface area contributed by atoms with Gasteiger partial charge in [0.05, 0.1) is 18.4 Å². The van der Waals surface area contributed by atoms with Gasteiger partial charge in [0.25, 0.3) is 5.91 Å². The quantitative estimate of drug-likeness (QED) is 0.629. The van der Waals surface area contributed by atoms with Gasteiger partial charge in [0, 0.05) is 24.9 Å². The van der Waals surface area contributed by atoms with Crippen LogP contribution in [0, 0.1) is 0 Å². The summed E-state index contributed by atoms with van der Waals surface area (Å²) in [6, 6.07) is 6.73. The fraction of sp³-hybridized carbons (Fsp3) is 0.500. The smallest absolute Gasteiger partial charge is 0.411 e. The van der Waals surface area contributed by atoms with Crippen molar-refractivity contribution >= 4 is 23.4 Å². The Morgan fingerprint density at radius 1 is 1.12 bits per heavy atom. The predicted molar refractivity (Wildman–Crippen MR) is 130 cm³/mol. The summed E-state index contributed by atoms with van der Waals surface area (Å²) in [5.74, 6) is -0.172. The number of nitrogens with zero attached hydrogens (tertiary/aromatic N) is 2. The van der Waals surface area contributed by atoms with Crippen LogP contribution in [0.15, 0.2) is 53.2 Å². The van der Waals surface area contributed by atoms with E-state index in [1.807, 2.05) is 12.2 Å². The molecule has 0 bridgehead atoms. The highest BCUT2D eigenvalue weighted by Gasteiger charge is 2.29. The summed E-state index contributed by atoms with van der Waals surface area (Å²) in [7, 11) is 1.70. The molecule has 0 radical (unpaired) electrons. The number of carbonyl (C=O) groups excluding carboxylic acids is 2. The molecule has 1 saturated carbocycles. The molecule has 2 amide bonds. The third kappa shape index (κ3) is 5.93. The van der Waals surface area contributed by atoms with E-state index in [-0.39, 0.29) is 24.2 Å². The minimum atomic E-state index is -0.522. The summed E-state index contributed by atoms with van der Waals surface area (Å²) in [6.07, 6.45) is 11.9. The topological polar surface area (TPSA) is 89.5 Å². The number of amides is 2. The number of allylic oxidation sites excluding steroid dienone is 2. The third-order valence-corrected chi connectivity index (χ3v) is 6.30. The molecule has 0 aromatic heterocycles. The van der Waals surface area contributed by atoms with Gasteiger partial charge < -0.3 is 14.2 Å². The number of hydrogen-bond donors (Lipinski definition) is 1. The minimum absolute atomic E-state index is 0.118. The monoisotopic (exact) mass is 467 g/mol. The molecule has 0 spiro atoms. The fourth-order valence-corrected chi connectivity index (χ4v) is 4.53. The number of methoxy groups -OCH3 is 1. The van der Waals surface area contributed by atoms with E-state index in [1.165, 1.54) is 17.9 Å². The predicted octanol–water partition coefficient (Wildman–Crippen LogP) is 4.69. The number of hydrogen-bond acceptors (Lipinski definition) is 6. The maximum atomic E-state index is 13.1. The zero-order valence-corrected chi connectivity index (χ0v) is 19.9. The summed E-state index contributed by atoms with van der Waals surface area (Å²) in [5.41, 5.74) is 2.94. The number of ether oxygens (including phenoxy) is 3. The summed E-state index contributed by atoms with van der Waals surface area (Å²) >= 11 is 0. The molecule has 8 nitrogen and oxygen atoms in total. The van der Waals surface area contributed by atoms with Crippen LogP contribution in [0.5, 0.6) is 0 Å². The zero-order chi connectivity index (χ0) is 23.9. The highest BCUT2D eigenvalue weighted by atomic mass is 16.5. The van der Waals surface area contributed by atoms with Crippen molar-refractivity contribution in [1.29, 1.82) is 0 Å². The van der Waals surface area contributed by atoms with Crippen LogP contribution in [0.4, 0.5) is 10.5 Å². The van der Waals surface area contributed by atoms with Gasteiger partial charge in [-0.25, -0.2) is 9.80 Å². The van der Waals surface area contributed by atoms with Crippen LogP contribution < -0.4 is 5.32 Å². The standard InChI is InChI=1S/C26H33N3O5/c1-3-33-26(31)27-20-13-10-18(11-14-20)25(30)29-16-6-9-22(28-29)19-12-15-23(32-2)24(17-19)34-21-7-4-5-8-21/h10-15,17,21,23-24H,3-9,16H2,1-2H3,(H,27,31). The van der Waals surface area contributed by atoms with Crippen LogP contribution in [0.25, 0.3) is 0 Å². The Balaban J connectivity index is 1.45. The molecule has 182 valence electrons. The molecule has 1 aromatic rings. The number of rotatable bonds is 7. The number of nitrogens with one attached hydrogen (secondary N) is 1. The number of anilines is 1. The Kier molecular flexibility index (Phi) is 8.13. The van der Waals surface area contributed by atoms with Crippen molar-refractivity contribution in [3.8, 4) is 0 Å². The molecule has 1 aliphatic heterocycles. The van der Waals surface area contributed by atoms with Crippen molar-refractivity contribution in [3.63, 3.8) is 0 Å². The van der Waals surface area contributed by atoms with E-state index in [0.29, 0.717) is 24.4 Å². The van der Waals surface area contributed by atoms with E-state index in [4.69, 9.17) is 14.2 Å². The molecular formula is C26H33N3O5. The van der Waals surface area contributed by atoms with Gasteiger partial charge in [0.1, 0.15) is 12.2 Å². The lowest BCUT2D eigenvalue weighted by Gasteiger charge is -2.30. The third-order valence-electron chi connectivity index (χ3n) is 6.30. The van der Waals surface area contributed by atoms with Crippen LogP contribution in [0.1, 0.15) is 55.8 Å². The number of hydrazone groups is 1. The molecular weight excluding hydrogens is 434 g/mol. The first-order valence-corrected chi connectivity index (χ1v) is 12.1. The molecule has 2 aliphatic carbocycles. The van der Waals surface area contributed by atoms with E-state index in [2.05, 4.69) is 16.5 Å². The van der Waals surface area contributed by atoms with E-state index in [9.17, 15) is 9.59 Å². The summed E-state index contributed by atoms with van der Waals surface area (Å²) in [6.45, 7) is 2.60. The molecule has 1 heterocycles. The summed E-state index contributed by atoms with van der Waals surface area (Å²) in [4.78, 5) is 24.7. The average molecular weight is 468 g/mol. The Morgan fingerprint density at radius 2 is 1.88 bits per heavy atom. The van der Waals surface area contributed by atoms with Crippen LogP contribution >= 0.6 is 0 Å². The first kappa shape index (κ1) is 24.2. The Labute approximate surface area is 200 Å². The lowest BCUT2D eigenvalue weighted by molar-refractivity contribution is -0.0482. The number of benzene rings is 1. The van der Waals surface area contributed by atoms with Gasteiger partial charge in [-0.1, -0.05) is 25.0 Å². The lowest BCUT2D eigenvalue weighted by atomic mass is 9.95. The molecule has 8 heteroatoms. The molecule has 2 unspecified atom stereocenters. The van der Waals surface area contributed by atoms with E-state index in [1.54, 1.807) is 38.3 Å². The van der Waals surface area contributed by atoms with Crippen molar-refractivity contribution < 1.29 is 23.8 Å². The molecule has 1 N–H and O–H groups in total. The van der Waals surface area contributed by atoms with Crippen molar-refractivity contribution in [2.24, 2.45) is 5.10 Å². The van der Waals surface area contributed by atoms with Crippen molar-refractivity contribution in [2.45, 2.75) is 63.8 Å². The lowest BCUT2D eigenvalue weighted by Crippen LogP contribution is -2.35. The maximum absolute atomic E-state index is 13.1. The average Bonchev–Trinajstić information content (AvgIpc) is 3.37. The molecule has 1 fully saturated rings.